The Hall–Kier alpha value is -1.41. The number of piperidine rings is 1. The summed E-state index contributed by atoms with van der Waals surface area (Å²) in [6.07, 6.45) is 3.55. The van der Waals surface area contributed by atoms with Gasteiger partial charge in [-0.25, -0.2) is 4.79 Å². The van der Waals surface area contributed by atoms with Crippen molar-refractivity contribution in [3.8, 4) is 0 Å². The first-order valence-corrected chi connectivity index (χ1v) is 9.83. The number of imidazole rings is 1. The highest BCUT2D eigenvalue weighted by Gasteiger charge is 2.31. The fourth-order valence-corrected chi connectivity index (χ4v) is 4.39. The molecule has 4 heterocycles. The summed E-state index contributed by atoms with van der Waals surface area (Å²) in [5.41, 5.74) is 0.619. The van der Waals surface area contributed by atoms with E-state index in [1.165, 1.54) is 15.6 Å². The van der Waals surface area contributed by atoms with Crippen LogP contribution < -0.4 is 16.1 Å². The maximum absolute atomic E-state index is 13.0. The molecule has 0 saturated carbocycles. The Morgan fingerprint density at radius 2 is 1.84 bits per heavy atom. The predicted molar refractivity (Wildman–Crippen MR) is 105 cm³/mol. The minimum absolute atomic E-state index is 0. The van der Waals surface area contributed by atoms with Crippen molar-refractivity contribution in [3.05, 3.63) is 20.8 Å². The highest BCUT2D eigenvalue weighted by molar-refractivity contribution is 8.00. The minimum Gasteiger partial charge on any atom is -0.342 e. The van der Waals surface area contributed by atoms with Crippen LogP contribution in [0.2, 0.25) is 0 Å². The number of thioether (sulfide) groups is 1. The fourth-order valence-electron chi connectivity index (χ4n) is 3.64. The molecule has 0 bridgehead atoms. The number of rotatable bonds is 3. The van der Waals surface area contributed by atoms with Crippen LogP contribution in [0.25, 0.3) is 11.2 Å². The molecule has 2 aromatic heterocycles. The van der Waals surface area contributed by atoms with E-state index in [4.69, 9.17) is 4.98 Å². The Balaban J connectivity index is 0.00000182. The molecule has 7 nitrogen and oxygen atoms in total. The maximum Gasteiger partial charge on any atom is 0.332 e. The second-order valence-corrected chi connectivity index (χ2v) is 7.66. The van der Waals surface area contributed by atoms with Gasteiger partial charge in [0.1, 0.15) is 0 Å². The van der Waals surface area contributed by atoms with Crippen LogP contribution in [-0.4, -0.2) is 43.3 Å². The molecule has 25 heavy (non-hydrogen) atoms. The Morgan fingerprint density at radius 3 is 2.40 bits per heavy atom. The van der Waals surface area contributed by atoms with Crippen LogP contribution in [0.15, 0.2) is 9.59 Å². The summed E-state index contributed by atoms with van der Waals surface area (Å²) in [4.78, 5) is 32.5. The lowest BCUT2D eigenvalue weighted by atomic mass is 10.1. The highest BCUT2D eigenvalue weighted by atomic mass is 35.5. The average molecular weight is 386 g/mol. The first-order chi connectivity index (χ1) is 11.6. The first kappa shape index (κ1) is 18.4. The van der Waals surface area contributed by atoms with Gasteiger partial charge in [0, 0.05) is 38.2 Å². The normalized spacial score (nSPS) is 18.2. The summed E-state index contributed by atoms with van der Waals surface area (Å²) in [6.45, 7) is 4.16. The lowest BCUT2D eigenvalue weighted by Gasteiger charge is -2.33. The van der Waals surface area contributed by atoms with Crippen LogP contribution in [-0.2, 0) is 13.6 Å². The molecule has 2 aliphatic rings. The minimum atomic E-state index is -0.284. The largest absolute Gasteiger partial charge is 0.342 e. The first-order valence-electron chi connectivity index (χ1n) is 8.68. The maximum atomic E-state index is 13.0. The number of aryl methyl sites for hydroxylation is 1. The van der Waals surface area contributed by atoms with E-state index < -0.39 is 0 Å². The van der Waals surface area contributed by atoms with Gasteiger partial charge in [-0.1, -0.05) is 0 Å². The Morgan fingerprint density at radius 1 is 1.16 bits per heavy atom. The molecule has 138 valence electrons. The van der Waals surface area contributed by atoms with Crippen LogP contribution >= 0.6 is 24.2 Å². The lowest BCUT2D eigenvalue weighted by molar-refractivity contribution is 0.536. The number of anilines is 1. The van der Waals surface area contributed by atoms with E-state index in [-0.39, 0.29) is 23.7 Å². The Kier molecular flexibility index (Phi) is 5.20. The van der Waals surface area contributed by atoms with E-state index >= 15 is 0 Å². The van der Waals surface area contributed by atoms with Crippen molar-refractivity contribution >= 4 is 41.3 Å². The third-order valence-corrected chi connectivity index (χ3v) is 6.34. The van der Waals surface area contributed by atoms with Gasteiger partial charge < -0.3 is 4.90 Å². The highest BCUT2D eigenvalue weighted by Crippen LogP contribution is 2.35. The van der Waals surface area contributed by atoms with E-state index in [1.807, 2.05) is 18.7 Å². The number of hydrogen-bond acceptors (Lipinski definition) is 5. The molecule has 4 rings (SSSR count). The van der Waals surface area contributed by atoms with Gasteiger partial charge in [0.05, 0.1) is 6.04 Å². The van der Waals surface area contributed by atoms with Gasteiger partial charge in [-0.3, -0.25) is 18.5 Å². The predicted octanol–water partition coefficient (Wildman–Crippen LogP) is 1.62. The van der Waals surface area contributed by atoms with Crippen LogP contribution in [0.3, 0.4) is 0 Å². The van der Waals surface area contributed by atoms with E-state index in [9.17, 15) is 9.59 Å². The van der Waals surface area contributed by atoms with Crippen molar-refractivity contribution in [2.24, 2.45) is 7.05 Å². The Bertz CT molecular complexity index is 893. The van der Waals surface area contributed by atoms with E-state index in [2.05, 4.69) is 9.47 Å². The van der Waals surface area contributed by atoms with Gasteiger partial charge >= 0.3 is 5.69 Å². The second kappa shape index (κ2) is 7.07. The third kappa shape index (κ3) is 2.79. The van der Waals surface area contributed by atoms with Crippen molar-refractivity contribution in [2.45, 2.75) is 38.8 Å². The molecule has 0 spiro atoms. The van der Waals surface area contributed by atoms with Crippen LogP contribution in [0.1, 0.15) is 32.2 Å². The van der Waals surface area contributed by atoms with Crippen LogP contribution in [0.5, 0.6) is 0 Å². The van der Waals surface area contributed by atoms with E-state index in [0.29, 0.717) is 23.8 Å². The molecular formula is C16H24ClN5O2S. The molecule has 0 amide bonds. The van der Waals surface area contributed by atoms with Crippen molar-refractivity contribution < 1.29 is 0 Å². The zero-order chi connectivity index (χ0) is 16.8. The molecule has 0 aromatic carbocycles. The molecule has 0 aliphatic carbocycles. The molecule has 0 N–H and O–H groups in total. The second-order valence-electron chi connectivity index (χ2n) is 6.58. The SMILES string of the molecule is CCn1c(=O)c2c(nc(N3CCCCC3)n2C2CSC2)n(C)c1=O.Cl. The summed E-state index contributed by atoms with van der Waals surface area (Å²) in [7, 11) is 1.71. The van der Waals surface area contributed by atoms with Crippen molar-refractivity contribution in [1.29, 1.82) is 0 Å². The summed E-state index contributed by atoms with van der Waals surface area (Å²) in [6, 6.07) is 0.299. The smallest absolute Gasteiger partial charge is 0.332 e. The molecular weight excluding hydrogens is 362 g/mol. The topological polar surface area (TPSA) is 65.1 Å². The van der Waals surface area contributed by atoms with Crippen LogP contribution in [0.4, 0.5) is 5.95 Å². The molecule has 2 saturated heterocycles. The van der Waals surface area contributed by atoms with Crippen LogP contribution in [0, 0.1) is 0 Å². The molecule has 0 unspecified atom stereocenters. The number of nitrogens with zero attached hydrogens (tertiary/aromatic N) is 5. The van der Waals surface area contributed by atoms with E-state index in [0.717, 1.165) is 43.4 Å². The molecule has 2 aliphatic heterocycles. The van der Waals surface area contributed by atoms with Gasteiger partial charge in [0.2, 0.25) is 5.95 Å². The van der Waals surface area contributed by atoms with Crippen molar-refractivity contribution in [3.63, 3.8) is 0 Å². The summed E-state index contributed by atoms with van der Waals surface area (Å²) in [5.74, 6) is 2.87. The van der Waals surface area contributed by atoms with E-state index in [1.54, 1.807) is 7.05 Å². The van der Waals surface area contributed by atoms with Gasteiger partial charge in [0.15, 0.2) is 11.2 Å². The van der Waals surface area contributed by atoms with Gasteiger partial charge in [-0.15, -0.1) is 12.4 Å². The number of hydrogen-bond donors (Lipinski definition) is 0. The molecule has 2 fully saturated rings. The van der Waals surface area contributed by atoms with Crippen molar-refractivity contribution in [2.75, 3.05) is 29.5 Å². The number of halogens is 1. The monoisotopic (exact) mass is 385 g/mol. The molecule has 0 radical (unpaired) electrons. The fraction of sp³-hybridized carbons (Fsp3) is 0.688. The number of aromatic nitrogens is 4. The lowest BCUT2D eigenvalue weighted by Crippen LogP contribution is -2.40. The zero-order valence-corrected chi connectivity index (χ0v) is 16.2. The van der Waals surface area contributed by atoms with Gasteiger partial charge in [-0.05, 0) is 26.2 Å². The standard InChI is InChI=1S/C16H23N5O2S.ClH/c1-3-20-14(22)12-13(18(2)16(20)23)17-15(19-7-5-4-6-8-19)21(12)11-9-24-10-11;/h11H,3-10H2,1-2H3;1H. The van der Waals surface area contributed by atoms with Gasteiger partial charge in [0.25, 0.3) is 5.56 Å². The zero-order valence-electron chi connectivity index (χ0n) is 14.6. The Labute approximate surface area is 156 Å². The summed E-state index contributed by atoms with van der Waals surface area (Å²) < 4.78 is 4.95. The summed E-state index contributed by atoms with van der Waals surface area (Å²) in [5, 5.41) is 0. The summed E-state index contributed by atoms with van der Waals surface area (Å²) >= 11 is 1.89. The molecule has 0 atom stereocenters. The average Bonchev–Trinajstić information content (AvgIpc) is 2.93. The molecule has 2 aromatic rings. The quantitative estimate of drug-likeness (QED) is 0.803. The number of fused-ring (bicyclic) bond motifs is 1. The van der Waals surface area contributed by atoms with Gasteiger partial charge in [-0.2, -0.15) is 16.7 Å². The molecule has 9 heteroatoms. The van der Waals surface area contributed by atoms with Crippen molar-refractivity contribution in [1.82, 2.24) is 18.7 Å². The third-order valence-electron chi connectivity index (χ3n) is 5.10.